The van der Waals surface area contributed by atoms with Gasteiger partial charge in [-0.3, -0.25) is 14.9 Å². The largest absolute Gasteiger partial charge is 0.480 e. The number of carbonyl (C=O) groups is 2. The minimum Gasteiger partial charge on any atom is -0.480 e. The van der Waals surface area contributed by atoms with Gasteiger partial charge in [-0.1, -0.05) is 11.6 Å². The average Bonchev–Trinajstić information content (AvgIpc) is 2.79. The van der Waals surface area contributed by atoms with Gasteiger partial charge in [0.15, 0.2) is 0 Å². The van der Waals surface area contributed by atoms with Crippen molar-refractivity contribution >= 4 is 29.2 Å². The summed E-state index contributed by atoms with van der Waals surface area (Å²) in [6.45, 7) is -0.107. The van der Waals surface area contributed by atoms with Gasteiger partial charge >= 0.3 is 5.97 Å². The maximum absolute atomic E-state index is 12.3. The van der Waals surface area contributed by atoms with E-state index >= 15 is 0 Å². The van der Waals surface area contributed by atoms with Gasteiger partial charge in [-0.2, -0.15) is 0 Å². The number of hydrogen-bond donors (Lipinski definition) is 2. The van der Waals surface area contributed by atoms with Crippen molar-refractivity contribution in [3.8, 4) is 0 Å². The lowest BCUT2D eigenvalue weighted by atomic mass is 10.1. The minimum atomic E-state index is -1.21. The third kappa shape index (κ3) is 2.96. The van der Waals surface area contributed by atoms with Crippen molar-refractivity contribution in [2.24, 2.45) is 0 Å². The van der Waals surface area contributed by atoms with E-state index in [-0.39, 0.29) is 29.2 Å². The fourth-order valence-corrected chi connectivity index (χ4v) is 2.48. The van der Waals surface area contributed by atoms with E-state index in [2.05, 4.69) is 0 Å². The Hall–Kier alpha value is -2.19. The number of carboxylic acid groups (broad SMARTS) is 1. The quantitative estimate of drug-likeness (QED) is 0.631. The highest BCUT2D eigenvalue weighted by atomic mass is 35.5. The third-order valence-electron chi connectivity index (χ3n) is 3.22. The molecule has 112 valence electrons. The molecule has 1 aromatic carbocycles. The van der Waals surface area contributed by atoms with Gasteiger partial charge in [0.1, 0.15) is 11.1 Å². The number of nitro groups is 1. The number of likely N-dealkylation sites (tertiary alicyclic amines) is 1. The van der Waals surface area contributed by atoms with Crippen molar-refractivity contribution < 1.29 is 24.7 Å². The number of carbonyl (C=O) groups excluding carboxylic acids is 1. The highest BCUT2D eigenvalue weighted by Crippen LogP contribution is 2.27. The summed E-state index contributed by atoms with van der Waals surface area (Å²) >= 11 is 5.72. The normalized spacial score (nSPS) is 21.3. The standard InChI is InChI=1S/C12H11ClN2O6/c13-8-3-6(1-2-9(8)15(20)21)11(17)14-5-7(16)4-10(14)12(18)19/h1-3,7,10,16H,4-5H2,(H,18,19)/t7-,10-/m1/s1. The van der Waals surface area contributed by atoms with Crippen molar-refractivity contribution in [2.45, 2.75) is 18.6 Å². The topological polar surface area (TPSA) is 121 Å². The third-order valence-corrected chi connectivity index (χ3v) is 3.52. The highest BCUT2D eigenvalue weighted by Gasteiger charge is 2.39. The monoisotopic (exact) mass is 314 g/mol. The van der Waals surface area contributed by atoms with Crippen LogP contribution in [0, 0.1) is 10.1 Å². The number of aliphatic hydroxyl groups excluding tert-OH is 1. The van der Waals surface area contributed by atoms with Crippen LogP contribution < -0.4 is 0 Å². The molecule has 1 amide bonds. The molecular weight excluding hydrogens is 304 g/mol. The molecule has 0 saturated carbocycles. The molecule has 1 aliphatic heterocycles. The van der Waals surface area contributed by atoms with Gasteiger partial charge < -0.3 is 15.1 Å². The molecule has 2 rings (SSSR count). The second-order valence-electron chi connectivity index (χ2n) is 4.62. The molecule has 2 N–H and O–H groups in total. The smallest absolute Gasteiger partial charge is 0.326 e. The molecule has 21 heavy (non-hydrogen) atoms. The van der Waals surface area contributed by atoms with Crippen LogP contribution in [0.1, 0.15) is 16.8 Å². The van der Waals surface area contributed by atoms with Crippen molar-refractivity contribution in [1.82, 2.24) is 4.90 Å². The fraction of sp³-hybridized carbons (Fsp3) is 0.333. The molecular formula is C12H11ClN2O6. The fourth-order valence-electron chi connectivity index (χ4n) is 2.23. The van der Waals surface area contributed by atoms with Crippen LogP contribution >= 0.6 is 11.6 Å². The number of halogens is 1. The van der Waals surface area contributed by atoms with Gasteiger partial charge in [0.05, 0.1) is 11.0 Å². The summed E-state index contributed by atoms with van der Waals surface area (Å²) in [6, 6.07) is 2.28. The van der Waals surface area contributed by atoms with Crippen LogP contribution in [0.15, 0.2) is 18.2 Å². The Bertz CT molecular complexity index is 620. The van der Waals surface area contributed by atoms with Crippen molar-refractivity contribution in [3.63, 3.8) is 0 Å². The molecule has 0 unspecified atom stereocenters. The number of aliphatic hydroxyl groups is 1. The van der Waals surface area contributed by atoms with Gasteiger partial charge in [0, 0.05) is 24.6 Å². The summed E-state index contributed by atoms with van der Waals surface area (Å²) in [5.74, 6) is -1.86. The molecule has 1 saturated heterocycles. The molecule has 1 fully saturated rings. The molecule has 8 nitrogen and oxygen atoms in total. The maximum atomic E-state index is 12.3. The Morgan fingerprint density at radius 2 is 2.10 bits per heavy atom. The molecule has 2 atom stereocenters. The summed E-state index contributed by atoms with van der Waals surface area (Å²) < 4.78 is 0. The Kier molecular flexibility index (Phi) is 4.10. The lowest BCUT2D eigenvalue weighted by Gasteiger charge is -2.21. The number of hydrogen-bond acceptors (Lipinski definition) is 5. The predicted molar refractivity (Wildman–Crippen MR) is 71.2 cm³/mol. The summed E-state index contributed by atoms with van der Waals surface area (Å²) in [6.07, 6.45) is -0.967. The van der Waals surface area contributed by atoms with Crippen LogP contribution in [0.5, 0.6) is 0 Å². The van der Waals surface area contributed by atoms with Crippen LogP contribution in [0.25, 0.3) is 0 Å². The Labute approximate surface area is 123 Å². The van der Waals surface area contributed by atoms with Crippen LogP contribution in [0.2, 0.25) is 5.02 Å². The van der Waals surface area contributed by atoms with Gasteiger partial charge in [0.2, 0.25) is 0 Å². The summed E-state index contributed by atoms with van der Waals surface area (Å²) in [5.41, 5.74) is -0.310. The number of nitrogens with zero attached hydrogens (tertiary/aromatic N) is 2. The lowest BCUT2D eigenvalue weighted by molar-refractivity contribution is -0.384. The summed E-state index contributed by atoms with van der Waals surface area (Å²) in [4.78, 5) is 34.3. The first-order valence-electron chi connectivity index (χ1n) is 5.97. The highest BCUT2D eigenvalue weighted by molar-refractivity contribution is 6.33. The van der Waals surface area contributed by atoms with Crippen molar-refractivity contribution in [3.05, 3.63) is 38.9 Å². The Morgan fingerprint density at radius 3 is 2.62 bits per heavy atom. The first kappa shape index (κ1) is 15.2. The molecule has 0 aliphatic carbocycles. The Morgan fingerprint density at radius 1 is 1.43 bits per heavy atom. The van der Waals surface area contributed by atoms with Gasteiger partial charge in [-0.25, -0.2) is 4.79 Å². The van der Waals surface area contributed by atoms with Gasteiger partial charge in [-0.15, -0.1) is 0 Å². The second-order valence-corrected chi connectivity index (χ2v) is 5.03. The number of rotatable bonds is 3. The van der Waals surface area contributed by atoms with E-state index in [0.29, 0.717) is 0 Å². The summed E-state index contributed by atoms with van der Waals surface area (Å²) in [5, 5.41) is 29.0. The number of benzene rings is 1. The van der Waals surface area contributed by atoms with Crippen LogP contribution in [-0.4, -0.2) is 50.6 Å². The molecule has 0 bridgehead atoms. The van der Waals surface area contributed by atoms with Crippen LogP contribution in [0.4, 0.5) is 5.69 Å². The van der Waals surface area contributed by atoms with E-state index < -0.39 is 28.9 Å². The Balaban J connectivity index is 2.29. The molecule has 0 aromatic heterocycles. The number of aliphatic carboxylic acids is 1. The van der Waals surface area contributed by atoms with E-state index in [1.54, 1.807) is 0 Å². The van der Waals surface area contributed by atoms with E-state index in [1.165, 1.54) is 6.07 Å². The SMILES string of the molecule is O=C(O)[C@H]1C[C@@H](O)CN1C(=O)c1ccc([N+](=O)[O-])c(Cl)c1. The minimum absolute atomic E-state index is 0.0333. The number of amides is 1. The molecule has 1 aliphatic rings. The van der Waals surface area contributed by atoms with Gasteiger partial charge in [-0.05, 0) is 12.1 Å². The zero-order chi connectivity index (χ0) is 15.7. The first-order chi connectivity index (χ1) is 9.81. The molecule has 1 aromatic rings. The predicted octanol–water partition coefficient (Wildman–Crippen LogP) is 0.908. The average molecular weight is 315 g/mol. The second kappa shape index (κ2) is 5.66. The van der Waals surface area contributed by atoms with E-state index in [9.17, 15) is 24.8 Å². The summed E-state index contributed by atoms with van der Waals surface area (Å²) in [7, 11) is 0. The van der Waals surface area contributed by atoms with E-state index in [1.807, 2.05) is 0 Å². The molecule has 0 radical (unpaired) electrons. The van der Waals surface area contributed by atoms with Crippen LogP contribution in [0.3, 0.4) is 0 Å². The number of β-amino-alcohol motifs (C(OH)–C–C–N with tert-alkyl or cyclic N) is 1. The zero-order valence-electron chi connectivity index (χ0n) is 10.6. The molecule has 9 heteroatoms. The maximum Gasteiger partial charge on any atom is 0.326 e. The first-order valence-corrected chi connectivity index (χ1v) is 6.35. The zero-order valence-corrected chi connectivity index (χ0v) is 11.4. The molecule has 1 heterocycles. The van der Waals surface area contributed by atoms with Crippen LogP contribution in [-0.2, 0) is 4.79 Å². The van der Waals surface area contributed by atoms with Crippen molar-refractivity contribution in [2.75, 3.05) is 6.54 Å². The number of nitro benzene ring substituents is 1. The lowest BCUT2D eigenvalue weighted by Crippen LogP contribution is -2.40. The van der Waals surface area contributed by atoms with Gasteiger partial charge in [0.25, 0.3) is 11.6 Å². The van der Waals surface area contributed by atoms with E-state index in [0.717, 1.165) is 17.0 Å². The number of carboxylic acids is 1. The molecule has 0 spiro atoms. The van der Waals surface area contributed by atoms with E-state index in [4.69, 9.17) is 16.7 Å². The van der Waals surface area contributed by atoms with Crippen molar-refractivity contribution in [1.29, 1.82) is 0 Å².